The quantitative estimate of drug-likeness (QED) is 0.834. The van der Waals surface area contributed by atoms with Gasteiger partial charge >= 0.3 is 0 Å². The molecule has 1 aromatic heterocycles. The van der Waals surface area contributed by atoms with Gasteiger partial charge in [0.15, 0.2) is 0 Å². The molecule has 1 heterocycles. The number of hydrogen-bond acceptors (Lipinski definition) is 6. The van der Waals surface area contributed by atoms with Crippen molar-refractivity contribution in [2.24, 2.45) is 0 Å². The minimum absolute atomic E-state index is 0.0347. The lowest BCUT2D eigenvalue weighted by atomic mass is 10.2. The highest BCUT2D eigenvalue weighted by molar-refractivity contribution is 7.89. The van der Waals surface area contributed by atoms with Crippen LogP contribution >= 0.6 is 11.3 Å². The summed E-state index contributed by atoms with van der Waals surface area (Å²) in [6.07, 6.45) is 0. The van der Waals surface area contributed by atoms with Crippen LogP contribution in [-0.4, -0.2) is 25.6 Å². The lowest BCUT2D eigenvalue weighted by Gasteiger charge is -2.11. The van der Waals surface area contributed by atoms with Crippen LogP contribution in [0.5, 0.6) is 5.75 Å². The van der Waals surface area contributed by atoms with Crippen molar-refractivity contribution < 1.29 is 18.3 Å². The van der Waals surface area contributed by atoms with Crippen LogP contribution in [-0.2, 0) is 23.2 Å². The largest absolute Gasteiger partial charge is 0.495 e. The minimum Gasteiger partial charge on any atom is -0.495 e. The number of ether oxygens (including phenoxy) is 1. The van der Waals surface area contributed by atoms with Crippen LogP contribution in [0.2, 0.25) is 0 Å². The third kappa shape index (κ3) is 3.34. The Labute approximate surface area is 121 Å². The van der Waals surface area contributed by atoms with Gasteiger partial charge in [-0.05, 0) is 17.7 Å². The molecule has 8 heteroatoms. The number of nitrogens with zero attached hydrogens (tertiary/aromatic N) is 1. The molecule has 2 rings (SSSR count). The van der Waals surface area contributed by atoms with E-state index < -0.39 is 10.0 Å². The fraction of sp³-hybridized carbons (Fsp3) is 0.250. The summed E-state index contributed by atoms with van der Waals surface area (Å²) in [4.78, 5) is 4.04. The molecule has 108 valence electrons. The van der Waals surface area contributed by atoms with Crippen LogP contribution in [0.4, 0.5) is 0 Å². The van der Waals surface area contributed by atoms with Gasteiger partial charge in [0.2, 0.25) is 10.0 Å². The van der Waals surface area contributed by atoms with Crippen molar-refractivity contribution in [1.82, 2.24) is 9.71 Å². The van der Waals surface area contributed by atoms with Crippen LogP contribution in [0.25, 0.3) is 0 Å². The molecule has 6 nitrogen and oxygen atoms in total. The van der Waals surface area contributed by atoms with Crippen molar-refractivity contribution in [3.63, 3.8) is 0 Å². The number of aromatic nitrogens is 1. The zero-order chi connectivity index (χ0) is 14.6. The minimum atomic E-state index is -3.70. The maximum Gasteiger partial charge on any atom is 0.244 e. The van der Waals surface area contributed by atoms with Gasteiger partial charge < -0.3 is 9.84 Å². The maximum absolute atomic E-state index is 12.2. The number of aliphatic hydroxyl groups is 1. The molecule has 2 aromatic rings. The van der Waals surface area contributed by atoms with Crippen molar-refractivity contribution in [1.29, 1.82) is 0 Å². The lowest BCUT2D eigenvalue weighted by molar-refractivity contribution is 0.280. The predicted octanol–water partition coefficient (Wildman–Crippen LogP) is 1.12. The second-order valence-corrected chi connectivity index (χ2v) is 6.40. The molecule has 20 heavy (non-hydrogen) atoms. The first kappa shape index (κ1) is 14.9. The molecule has 0 unspecified atom stereocenters. The van der Waals surface area contributed by atoms with Crippen LogP contribution in [0.15, 0.2) is 34.0 Å². The fourth-order valence-electron chi connectivity index (χ4n) is 1.60. The number of nitrogens with one attached hydrogen (secondary N) is 1. The summed E-state index contributed by atoms with van der Waals surface area (Å²) in [5, 5.41) is 10.8. The van der Waals surface area contributed by atoms with E-state index in [-0.39, 0.29) is 23.8 Å². The summed E-state index contributed by atoms with van der Waals surface area (Å²) < 4.78 is 32.0. The first-order valence-corrected chi connectivity index (χ1v) is 8.14. The fourth-order valence-corrected chi connectivity index (χ4v) is 3.31. The van der Waals surface area contributed by atoms with Gasteiger partial charge in [-0.25, -0.2) is 18.1 Å². The Balaban J connectivity index is 2.24. The second kappa shape index (κ2) is 6.31. The van der Waals surface area contributed by atoms with Gasteiger partial charge in [-0.3, -0.25) is 0 Å². The maximum atomic E-state index is 12.2. The summed E-state index contributed by atoms with van der Waals surface area (Å²) in [5.41, 5.74) is 2.88. The van der Waals surface area contributed by atoms with E-state index in [1.54, 1.807) is 17.0 Å². The molecule has 0 aliphatic rings. The molecular weight excluding hydrogens is 300 g/mol. The van der Waals surface area contributed by atoms with Crippen LogP contribution in [0.1, 0.15) is 11.3 Å². The highest BCUT2D eigenvalue weighted by atomic mass is 32.2. The van der Waals surface area contributed by atoms with Gasteiger partial charge in [0.25, 0.3) is 0 Å². The molecule has 0 radical (unpaired) electrons. The summed E-state index contributed by atoms with van der Waals surface area (Å²) in [6.45, 7) is -0.0559. The van der Waals surface area contributed by atoms with E-state index in [0.29, 0.717) is 11.3 Å². The molecule has 2 N–H and O–H groups in total. The summed E-state index contributed by atoms with van der Waals surface area (Å²) in [5.74, 6) is 0.197. The van der Waals surface area contributed by atoms with E-state index in [1.807, 2.05) is 0 Å². The van der Waals surface area contributed by atoms with Crippen molar-refractivity contribution in [3.8, 4) is 5.75 Å². The third-order valence-corrected chi connectivity index (χ3v) is 4.70. The van der Waals surface area contributed by atoms with E-state index >= 15 is 0 Å². The van der Waals surface area contributed by atoms with Gasteiger partial charge in [0.05, 0.1) is 31.5 Å². The lowest BCUT2D eigenvalue weighted by Crippen LogP contribution is -2.24. The van der Waals surface area contributed by atoms with Gasteiger partial charge in [-0.15, -0.1) is 11.3 Å². The number of aliphatic hydroxyl groups excluding tert-OH is 1. The Morgan fingerprint density at radius 1 is 1.45 bits per heavy atom. The average Bonchev–Trinajstić information content (AvgIpc) is 2.97. The number of sulfonamides is 1. The second-order valence-electron chi connectivity index (χ2n) is 3.95. The highest BCUT2D eigenvalue weighted by Gasteiger charge is 2.19. The van der Waals surface area contributed by atoms with Crippen molar-refractivity contribution in [2.45, 2.75) is 18.0 Å². The molecule has 0 saturated heterocycles. The Hall–Kier alpha value is -1.48. The number of hydrogen-bond donors (Lipinski definition) is 2. The summed E-state index contributed by atoms with van der Waals surface area (Å²) >= 11 is 1.40. The smallest absolute Gasteiger partial charge is 0.244 e. The molecule has 0 aliphatic heterocycles. The average molecular weight is 314 g/mol. The first-order chi connectivity index (χ1) is 9.56. The highest BCUT2D eigenvalue weighted by Crippen LogP contribution is 2.25. The predicted molar refractivity (Wildman–Crippen MR) is 75.1 cm³/mol. The van der Waals surface area contributed by atoms with Gasteiger partial charge in [-0.2, -0.15) is 0 Å². The monoisotopic (exact) mass is 314 g/mol. The third-order valence-electron chi connectivity index (χ3n) is 2.63. The SMILES string of the molecule is COc1cc(CO)ccc1S(=O)(=O)NCc1cscn1. The van der Waals surface area contributed by atoms with Gasteiger partial charge in [0, 0.05) is 5.38 Å². The van der Waals surface area contributed by atoms with Crippen LogP contribution in [0, 0.1) is 0 Å². The standard InChI is InChI=1S/C12H14N2O4S2/c1-18-11-4-9(6-15)2-3-12(11)20(16,17)14-5-10-7-19-8-13-10/h2-4,7-8,14-15H,5-6H2,1H3. The number of thiazole rings is 1. The van der Waals surface area contributed by atoms with E-state index in [0.717, 1.165) is 0 Å². The zero-order valence-corrected chi connectivity index (χ0v) is 12.4. The first-order valence-electron chi connectivity index (χ1n) is 5.71. The molecular formula is C12H14N2O4S2. The molecule has 0 saturated carbocycles. The normalized spacial score (nSPS) is 11.5. The van der Waals surface area contributed by atoms with E-state index in [1.165, 1.54) is 30.6 Å². The Morgan fingerprint density at radius 2 is 2.25 bits per heavy atom. The van der Waals surface area contributed by atoms with Gasteiger partial charge in [-0.1, -0.05) is 6.07 Å². The Kier molecular flexibility index (Phi) is 4.71. The van der Waals surface area contributed by atoms with E-state index in [4.69, 9.17) is 9.84 Å². The molecule has 0 amide bonds. The zero-order valence-electron chi connectivity index (χ0n) is 10.7. The van der Waals surface area contributed by atoms with E-state index in [2.05, 4.69) is 9.71 Å². The molecule has 0 bridgehead atoms. The van der Waals surface area contributed by atoms with E-state index in [9.17, 15) is 8.42 Å². The molecule has 0 aliphatic carbocycles. The topological polar surface area (TPSA) is 88.5 Å². The molecule has 0 spiro atoms. The van der Waals surface area contributed by atoms with Crippen LogP contribution < -0.4 is 9.46 Å². The van der Waals surface area contributed by atoms with Crippen molar-refractivity contribution in [2.75, 3.05) is 7.11 Å². The number of benzene rings is 1. The number of methoxy groups -OCH3 is 1. The Bertz CT molecular complexity index is 669. The molecule has 0 atom stereocenters. The van der Waals surface area contributed by atoms with Crippen molar-refractivity contribution >= 4 is 21.4 Å². The van der Waals surface area contributed by atoms with Crippen molar-refractivity contribution in [3.05, 3.63) is 40.3 Å². The number of rotatable bonds is 6. The molecule has 1 aromatic carbocycles. The summed E-state index contributed by atoms with van der Waals surface area (Å²) in [7, 11) is -2.31. The molecule has 0 fully saturated rings. The summed E-state index contributed by atoms with van der Waals surface area (Å²) in [6, 6.07) is 4.45. The van der Waals surface area contributed by atoms with Gasteiger partial charge in [0.1, 0.15) is 10.6 Å². The van der Waals surface area contributed by atoms with Crippen LogP contribution in [0.3, 0.4) is 0 Å². The Morgan fingerprint density at radius 3 is 2.85 bits per heavy atom.